The fraction of sp³-hybridized carbons (Fsp3) is 0.750. The molecule has 21 heavy (non-hydrogen) atoms. The average molecular weight is 293 g/mol. The van der Waals surface area contributed by atoms with E-state index in [0.717, 1.165) is 12.8 Å². The van der Waals surface area contributed by atoms with Crippen molar-refractivity contribution in [1.82, 2.24) is 9.97 Å². The minimum Gasteiger partial charge on any atom is -0.474 e. The molecule has 1 fully saturated rings. The average Bonchev–Trinajstić information content (AvgIpc) is 2.33. The first kappa shape index (κ1) is 16.0. The van der Waals surface area contributed by atoms with Crippen molar-refractivity contribution in [2.45, 2.75) is 59.7 Å². The van der Waals surface area contributed by atoms with Crippen molar-refractivity contribution < 1.29 is 9.47 Å². The lowest BCUT2D eigenvalue weighted by Gasteiger charge is -2.38. The molecule has 5 nitrogen and oxygen atoms in total. The van der Waals surface area contributed by atoms with Gasteiger partial charge in [-0.1, -0.05) is 20.8 Å². The fourth-order valence-electron chi connectivity index (χ4n) is 3.33. The molecule has 0 radical (unpaired) electrons. The normalized spacial score (nSPS) is 24.8. The predicted octanol–water partition coefficient (Wildman–Crippen LogP) is 3.19. The van der Waals surface area contributed by atoms with Gasteiger partial charge in [0.1, 0.15) is 18.5 Å². The molecule has 0 bridgehead atoms. The number of aromatic nitrogens is 2. The van der Waals surface area contributed by atoms with E-state index in [1.165, 1.54) is 6.42 Å². The van der Waals surface area contributed by atoms with Crippen molar-refractivity contribution >= 4 is 5.82 Å². The summed E-state index contributed by atoms with van der Waals surface area (Å²) in [5.74, 6) is 2.24. The van der Waals surface area contributed by atoms with Gasteiger partial charge in [-0.05, 0) is 37.5 Å². The summed E-state index contributed by atoms with van der Waals surface area (Å²) in [7, 11) is 0. The molecular weight excluding hydrogens is 266 g/mol. The van der Waals surface area contributed by atoms with Gasteiger partial charge in [0.15, 0.2) is 5.82 Å². The van der Waals surface area contributed by atoms with E-state index in [2.05, 4.69) is 30.7 Å². The van der Waals surface area contributed by atoms with Gasteiger partial charge in [0, 0.05) is 12.7 Å². The third-order valence-electron chi connectivity index (χ3n) is 3.84. The van der Waals surface area contributed by atoms with Crippen LogP contribution in [-0.2, 0) is 11.3 Å². The Bertz CT molecular complexity index is 477. The molecule has 1 aliphatic rings. The fourth-order valence-corrected chi connectivity index (χ4v) is 3.33. The number of nitrogen functional groups attached to an aromatic ring is 1. The molecule has 0 amide bonds. The minimum absolute atomic E-state index is 0.193. The molecule has 1 aromatic heterocycles. The third kappa shape index (κ3) is 4.84. The molecule has 118 valence electrons. The number of nitrogens with zero attached hydrogens (tertiary/aromatic N) is 2. The molecule has 5 heteroatoms. The summed E-state index contributed by atoms with van der Waals surface area (Å²) < 4.78 is 11.4. The van der Waals surface area contributed by atoms with Crippen molar-refractivity contribution in [3.05, 3.63) is 11.9 Å². The first-order valence-corrected chi connectivity index (χ1v) is 7.76. The molecule has 2 N–H and O–H groups in total. The third-order valence-corrected chi connectivity index (χ3v) is 3.84. The van der Waals surface area contributed by atoms with Crippen LogP contribution in [-0.4, -0.2) is 22.7 Å². The molecule has 0 saturated heterocycles. The monoisotopic (exact) mass is 293 g/mol. The van der Waals surface area contributed by atoms with Gasteiger partial charge in [-0.2, -0.15) is 4.98 Å². The lowest BCUT2D eigenvalue weighted by molar-refractivity contribution is 0.0524. The standard InChI is InChI=1S/C16H27N3O2/c1-5-20-10-14-18-13(17)7-15(19-14)21-12-6-11(2)8-16(3,4)9-12/h7,11-12H,5-6,8-10H2,1-4H3,(H2,17,18,19). The second-order valence-electron chi connectivity index (χ2n) is 6.84. The topological polar surface area (TPSA) is 70.3 Å². The highest BCUT2D eigenvalue weighted by atomic mass is 16.5. The summed E-state index contributed by atoms with van der Waals surface area (Å²) >= 11 is 0. The van der Waals surface area contributed by atoms with Crippen molar-refractivity contribution in [3.8, 4) is 5.88 Å². The second-order valence-corrected chi connectivity index (χ2v) is 6.84. The number of nitrogens with two attached hydrogens (primary N) is 1. The highest BCUT2D eigenvalue weighted by Gasteiger charge is 2.33. The number of rotatable bonds is 5. The molecule has 0 aliphatic heterocycles. The maximum absolute atomic E-state index is 6.08. The molecular formula is C16H27N3O2. The summed E-state index contributed by atoms with van der Waals surface area (Å²) in [6, 6.07) is 1.70. The maximum Gasteiger partial charge on any atom is 0.219 e. The van der Waals surface area contributed by atoms with Gasteiger partial charge >= 0.3 is 0 Å². The van der Waals surface area contributed by atoms with Gasteiger partial charge in [-0.3, -0.25) is 0 Å². The Morgan fingerprint density at radius 3 is 2.76 bits per heavy atom. The zero-order valence-electron chi connectivity index (χ0n) is 13.6. The Morgan fingerprint density at radius 2 is 2.10 bits per heavy atom. The van der Waals surface area contributed by atoms with Crippen LogP contribution in [0.5, 0.6) is 5.88 Å². The van der Waals surface area contributed by atoms with Gasteiger partial charge in [0.2, 0.25) is 5.88 Å². The van der Waals surface area contributed by atoms with Crippen LogP contribution in [0.3, 0.4) is 0 Å². The highest BCUT2D eigenvalue weighted by molar-refractivity contribution is 5.32. The van der Waals surface area contributed by atoms with E-state index in [4.69, 9.17) is 15.2 Å². The van der Waals surface area contributed by atoms with Crippen molar-refractivity contribution in [2.24, 2.45) is 11.3 Å². The molecule has 1 aromatic rings. The maximum atomic E-state index is 6.08. The highest BCUT2D eigenvalue weighted by Crippen LogP contribution is 2.39. The van der Waals surface area contributed by atoms with Crippen molar-refractivity contribution in [3.63, 3.8) is 0 Å². The van der Waals surface area contributed by atoms with E-state index in [0.29, 0.717) is 42.1 Å². The van der Waals surface area contributed by atoms with Crippen molar-refractivity contribution in [1.29, 1.82) is 0 Å². The Morgan fingerprint density at radius 1 is 1.33 bits per heavy atom. The molecule has 2 rings (SSSR count). The molecule has 0 spiro atoms. The van der Waals surface area contributed by atoms with Crippen LogP contribution in [0.1, 0.15) is 52.8 Å². The van der Waals surface area contributed by atoms with Crippen LogP contribution >= 0.6 is 0 Å². The molecule has 2 unspecified atom stereocenters. The number of hydrogen-bond acceptors (Lipinski definition) is 5. The molecule has 1 aliphatic carbocycles. The summed E-state index contributed by atoms with van der Waals surface area (Å²) in [6.07, 6.45) is 3.54. The lowest BCUT2D eigenvalue weighted by atomic mass is 9.71. The van der Waals surface area contributed by atoms with Crippen LogP contribution in [0.4, 0.5) is 5.82 Å². The van der Waals surface area contributed by atoms with Gasteiger partial charge < -0.3 is 15.2 Å². The molecule has 1 saturated carbocycles. The van der Waals surface area contributed by atoms with E-state index in [1.54, 1.807) is 6.07 Å². The molecule has 2 atom stereocenters. The summed E-state index contributed by atoms with van der Waals surface area (Å²) in [6.45, 7) is 9.82. The van der Waals surface area contributed by atoms with Crippen LogP contribution < -0.4 is 10.5 Å². The van der Waals surface area contributed by atoms with Gasteiger partial charge in [0.05, 0.1) is 0 Å². The summed E-state index contributed by atoms with van der Waals surface area (Å²) in [5.41, 5.74) is 6.14. The van der Waals surface area contributed by atoms with Crippen molar-refractivity contribution in [2.75, 3.05) is 12.3 Å². The van der Waals surface area contributed by atoms with Gasteiger partial charge in [-0.25, -0.2) is 4.98 Å². The van der Waals surface area contributed by atoms with Crippen LogP contribution in [0.2, 0.25) is 0 Å². The minimum atomic E-state index is 0.193. The Kier molecular flexibility index (Phi) is 5.04. The smallest absolute Gasteiger partial charge is 0.219 e. The molecule has 0 aromatic carbocycles. The van der Waals surface area contributed by atoms with E-state index in [-0.39, 0.29) is 6.10 Å². The zero-order valence-corrected chi connectivity index (χ0v) is 13.6. The van der Waals surface area contributed by atoms with Gasteiger partial charge in [-0.15, -0.1) is 0 Å². The predicted molar refractivity (Wildman–Crippen MR) is 83.0 cm³/mol. The Balaban J connectivity index is 2.06. The Labute approximate surface area is 127 Å². The van der Waals surface area contributed by atoms with Gasteiger partial charge in [0.25, 0.3) is 0 Å². The van der Waals surface area contributed by atoms with E-state index < -0.39 is 0 Å². The summed E-state index contributed by atoms with van der Waals surface area (Å²) in [5, 5.41) is 0. The first-order valence-electron chi connectivity index (χ1n) is 7.76. The molecule has 1 heterocycles. The lowest BCUT2D eigenvalue weighted by Crippen LogP contribution is -2.34. The van der Waals surface area contributed by atoms with E-state index >= 15 is 0 Å². The number of ether oxygens (including phenoxy) is 2. The van der Waals surface area contributed by atoms with Crippen LogP contribution in [0.25, 0.3) is 0 Å². The van der Waals surface area contributed by atoms with E-state index in [1.807, 2.05) is 6.92 Å². The quantitative estimate of drug-likeness (QED) is 0.902. The Hall–Kier alpha value is -1.36. The second kappa shape index (κ2) is 6.60. The summed E-state index contributed by atoms with van der Waals surface area (Å²) in [4.78, 5) is 8.57. The largest absolute Gasteiger partial charge is 0.474 e. The number of anilines is 1. The van der Waals surface area contributed by atoms with Crippen LogP contribution in [0.15, 0.2) is 6.07 Å². The van der Waals surface area contributed by atoms with E-state index in [9.17, 15) is 0 Å². The first-order chi connectivity index (χ1) is 9.88. The SMILES string of the molecule is CCOCc1nc(N)cc(OC2CC(C)CC(C)(C)C2)n1. The number of hydrogen-bond donors (Lipinski definition) is 1. The zero-order chi connectivity index (χ0) is 15.5. The van der Waals surface area contributed by atoms with Crippen LogP contribution in [0, 0.1) is 11.3 Å².